The number of sulfonamides is 1. The molecule has 2 atom stereocenters. The largest absolute Gasteiger partial charge is 0.478 e. The second kappa shape index (κ2) is 9.43. The zero-order valence-electron chi connectivity index (χ0n) is 17.7. The van der Waals surface area contributed by atoms with Crippen LogP contribution >= 0.6 is 27.5 Å². The van der Waals surface area contributed by atoms with Gasteiger partial charge in [-0.2, -0.15) is 4.31 Å². The summed E-state index contributed by atoms with van der Waals surface area (Å²) < 4.78 is 30.4. The number of halogens is 2. The van der Waals surface area contributed by atoms with Gasteiger partial charge >= 0.3 is 5.97 Å². The number of carbonyl (C=O) groups is 1. The summed E-state index contributed by atoms with van der Waals surface area (Å²) in [5.41, 5.74) is 1.91. The summed E-state index contributed by atoms with van der Waals surface area (Å²) in [5, 5.41) is 10.6. The van der Waals surface area contributed by atoms with E-state index < -0.39 is 28.1 Å². The van der Waals surface area contributed by atoms with Gasteiger partial charge in [0.05, 0.1) is 22.6 Å². The van der Waals surface area contributed by atoms with E-state index in [1.165, 1.54) is 4.31 Å². The highest BCUT2D eigenvalue weighted by Gasteiger charge is 2.44. The Balaban J connectivity index is 2.00. The SMILES string of the molecule is Cc1ccccc1S(=O)(=O)N1[C@@H](c2cccc(Br)c2)C(C(=O)O)=CC[C@H]1c1ccc(Cl)cc1. The lowest BCUT2D eigenvalue weighted by Gasteiger charge is -2.41. The average molecular weight is 547 g/mol. The molecule has 0 aliphatic carbocycles. The number of aliphatic carboxylic acids is 1. The lowest BCUT2D eigenvalue weighted by molar-refractivity contribution is -0.133. The first kappa shape index (κ1) is 23.7. The van der Waals surface area contributed by atoms with Crippen LogP contribution in [0.5, 0.6) is 0 Å². The first-order chi connectivity index (χ1) is 15.7. The number of hydrogen-bond acceptors (Lipinski definition) is 3. The summed E-state index contributed by atoms with van der Waals surface area (Å²) in [6, 6.07) is 19.2. The van der Waals surface area contributed by atoms with Crippen LogP contribution in [0.3, 0.4) is 0 Å². The number of carboxylic acid groups (broad SMARTS) is 1. The first-order valence-corrected chi connectivity index (χ1v) is 12.8. The van der Waals surface area contributed by atoms with Crippen LogP contribution in [0.2, 0.25) is 5.02 Å². The second-order valence-corrected chi connectivity index (χ2v) is 11.0. The highest BCUT2D eigenvalue weighted by molar-refractivity contribution is 9.10. The van der Waals surface area contributed by atoms with Gasteiger partial charge in [0, 0.05) is 9.50 Å². The van der Waals surface area contributed by atoms with Gasteiger partial charge in [0.1, 0.15) is 0 Å². The summed E-state index contributed by atoms with van der Waals surface area (Å²) >= 11 is 9.50. The molecule has 0 amide bonds. The minimum absolute atomic E-state index is 0.0236. The van der Waals surface area contributed by atoms with Crippen LogP contribution in [0.15, 0.2) is 93.8 Å². The Hall–Kier alpha value is -2.45. The van der Waals surface area contributed by atoms with Crippen LogP contribution < -0.4 is 0 Å². The molecule has 4 rings (SSSR count). The van der Waals surface area contributed by atoms with Crippen LogP contribution in [0.25, 0.3) is 0 Å². The standard InChI is InChI=1S/C25H21BrClNO4S/c1-16-5-2-3-8-23(16)33(31,32)28-22(17-9-11-20(27)12-10-17)14-13-21(25(29)30)24(28)18-6-4-7-19(26)15-18/h2-13,15,22,24H,14H2,1H3,(H,29,30)/t22-,24-/m0/s1. The van der Waals surface area contributed by atoms with Crippen molar-refractivity contribution in [3.63, 3.8) is 0 Å². The third kappa shape index (κ3) is 4.64. The lowest BCUT2D eigenvalue weighted by atomic mass is 9.89. The Kier molecular flexibility index (Phi) is 6.77. The zero-order chi connectivity index (χ0) is 23.8. The van der Waals surface area contributed by atoms with E-state index in [9.17, 15) is 18.3 Å². The predicted octanol–water partition coefficient (Wildman–Crippen LogP) is 6.30. The molecule has 0 radical (unpaired) electrons. The molecule has 3 aromatic carbocycles. The van der Waals surface area contributed by atoms with Crippen molar-refractivity contribution >= 4 is 43.5 Å². The fourth-order valence-corrected chi connectivity index (χ4v) is 6.76. The van der Waals surface area contributed by atoms with E-state index >= 15 is 0 Å². The van der Waals surface area contributed by atoms with E-state index in [0.717, 1.165) is 10.0 Å². The van der Waals surface area contributed by atoms with Gasteiger partial charge in [-0.05, 0) is 60.4 Å². The van der Waals surface area contributed by atoms with Crippen molar-refractivity contribution in [2.45, 2.75) is 30.3 Å². The van der Waals surface area contributed by atoms with Gasteiger partial charge in [-0.3, -0.25) is 0 Å². The fraction of sp³-hybridized carbons (Fsp3) is 0.160. The molecule has 1 aliphatic heterocycles. The van der Waals surface area contributed by atoms with Crippen molar-refractivity contribution in [3.8, 4) is 0 Å². The normalized spacial score (nSPS) is 19.2. The number of hydrogen-bond donors (Lipinski definition) is 1. The van der Waals surface area contributed by atoms with Gasteiger partial charge in [-0.25, -0.2) is 13.2 Å². The molecule has 1 heterocycles. The van der Waals surface area contributed by atoms with E-state index in [-0.39, 0.29) is 16.9 Å². The van der Waals surface area contributed by atoms with Gasteiger partial charge in [-0.1, -0.05) is 76.1 Å². The molecule has 0 unspecified atom stereocenters. The first-order valence-electron chi connectivity index (χ1n) is 10.2. The van der Waals surface area contributed by atoms with E-state index in [1.54, 1.807) is 79.7 Å². The van der Waals surface area contributed by atoms with Crippen molar-refractivity contribution in [1.29, 1.82) is 0 Å². The molecule has 33 heavy (non-hydrogen) atoms. The summed E-state index contributed by atoms with van der Waals surface area (Å²) in [7, 11) is -4.10. The number of aryl methyl sites for hydroxylation is 1. The quantitative estimate of drug-likeness (QED) is 0.408. The summed E-state index contributed by atoms with van der Waals surface area (Å²) in [6.45, 7) is 1.73. The van der Waals surface area contributed by atoms with Crippen LogP contribution in [-0.4, -0.2) is 23.8 Å². The number of rotatable bonds is 5. The van der Waals surface area contributed by atoms with Gasteiger partial charge < -0.3 is 5.11 Å². The van der Waals surface area contributed by atoms with Crippen molar-refractivity contribution in [1.82, 2.24) is 4.31 Å². The summed E-state index contributed by atoms with van der Waals surface area (Å²) in [4.78, 5) is 12.4. The molecular weight excluding hydrogens is 526 g/mol. The maximum Gasteiger partial charge on any atom is 0.333 e. The predicted molar refractivity (Wildman–Crippen MR) is 132 cm³/mol. The molecule has 170 valence electrons. The molecule has 0 saturated heterocycles. The summed E-state index contributed by atoms with van der Waals surface area (Å²) in [6.07, 6.45) is 1.84. The van der Waals surface area contributed by atoms with Crippen LogP contribution in [0.4, 0.5) is 0 Å². The van der Waals surface area contributed by atoms with Crippen LogP contribution in [0.1, 0.15) is 35.2 Å². The van der Waals surface area contributed by atoms with Gasteiger partial charge in [0.15, 0.2) is 0 Å². The van der Waals surface area contributed by atoms with Crippen LogP contribution in [0, 0.1) is 6.92 Å². The molecule has 3 aromatic rings. The third-order valence-corrected chi connectivity index (χ3v) is 8.51. The van der Waals surface area contributed by atoms with Gasteiger partial charge in [0.25, 0.3) is 0 Å². The van der Waals surface area contributed by atoms with Gasteiger partial charge in [-0.15, -0.1) is 0 Å². The Morgan fingerprint density at radius 1 is 1.03 bits per heavy atom. The van der Waals surface area contributed by atoms with E-state index in [0.29, 0.717) is 16.1 Å². The molecule has 1 aliphatic rings. The molecule has 0 bridgehead atoms. The van der Waals surface area contributed by atoms with Crippen molar-refractivity contribution < 1.29 is 18.3 Å². The second-order valence-electron chi connectivity index (χ2n) is 7.83. The smallest absolute Gasteiger partial charge is 0.333 e. The van der Waals surface area contributed by atoms with E-state index in [2.05, 4.69) is 15.9 Å². The molecule has 5 nitrogen and oxygen atoms in total. The highest BCUT2D eigenvalue weighted by atomic mass is 79.9. The molecule has 1 N–H and O–H groups in total. The van der Waals surface area contributed by atoms with Gasteiger partial charge in [0.2, 0.25) is 10.0 Å². The molecule has 0 saturated carbocycles. The Labute approximate surface area is 206 Å². The Bertz CT molecular complexity index is 1340. The molecule has 0 fully saturated rings. The highest BCUT2D eigenvalue weighted by Crippen LogP contribution is 2.46. The Morgan fingerprint density at radius 2 is 1.73 bits per heavy atom. The maximum atomic E-state index is 14.2. The molecular formula is C25H21BrClNO4S. The fourth-order valence-electron chi connectivity index (χ4n) is 4.21. The zero-order valence-corrected chi connectivity index (χ0v) is 20.8. The summed E-state index contributed by atoms with van der Waals surface area (Å²) in [5.74, 6) is -1.15. The Morgan fingerprint density at radius 3 is 2.36 bits per heavy atom. The third-order valence-electron chi connectivity index (χ3n) is 5.73. The van der Waals surface area contributed by atoms with E-state index in [4.69, 9.17) is 11.6 Å². The maximum absolute atomic E-state index is 14.2. The topological polar surface area (TPSA) is 74.7 Å². The monoisotopic (exact) mass is 545 g/mol. The van der Waals surface area contributed by atoms with Crippen molar-refractivity contribution in [3.05, 3.63) is 111 Å². The van der Waals surface area contributed by atoms with E-state index in [1.807, 2.05) is 6.07 Å². The number of benzene rings is 3. The van der Waals surface area contributed by atoms with Crippen molar-refractivity contribution in [2.24, 2.45) is 0 Å². The minimum atomic E-state index is -4.10. The number of carboxylic acids is 1. The molecule has 8 heteroatoms. The molecule has 0 spiro atoms. The van der Waals surface area contributed by atoms with Crippen molar-refractivity contribution in [2.75, 3.05) is 0 Å². The van der Waals surface area contributed by atoms with Crippen LogP contribution in [-0.2, 0) is 14.8 Å². The average Bonchev–Trinajstić information content (AvgIpc) is 2.78. The lowest BCUT2D eigenvalue weighted by Crippen LogP contribution is -2.42. The molecule has 0 aromatic heterocycles. The number of nitrogens with zero attached hydrogens (tertiary/aromatic N) is 1. The minimum Gasteiger partial charge on any atom is -0.478 e.